The van der Waals surface area contributed by atoms with Gasteiger partial charge in [-0.2, -0.15) is 0 Å². The molecule has 0 spiro atoms. The zero-order valence-corrected chi connectivity index (χ0v) is 15.3. The molecule has 2 aromatic rings. The largest absolute Gasteiger partial charge is 0.508 e. The van der Waals surface area contributed by atoms with Crippen molar-refractivity contribution in [2.24, 2.45) is 0 Å². The number of thioether (sulfide) groups is 1. The van der Waals surface area contributed by atoms with E-state index in [0.29, 0.717) is 21.6 Å². The van der Waals surface area contributed by atoms with Crippen molar-refractivity contribution >= 4 is 45.7 Å². The first-order chi connectivity index (χ1) is 12.1. The fraction of sp³-hybridized carbons (Fsp3) is 0.375. The summed E-state index contributed by atoms with van der Waals surface area (Å²) in [6.07, 6.45) is 2.44. The summed E-state index contributed by atoms with van der Waals surface area (Å²) in [4.78, 5) is 25.8. The number of amides is 2. The maximum atomic E-state index is 12.1. The van der Waals surface area contributed by atoms with Gasteiger partial charge in [0.25, 0.3) is 0 Å². The van der Waals surface area contributed by atoms with Gasteiger partial charge in [-0.1, -0.05) is 30.0 Å². The number of aromatic hydroxyl groups is 1. The molecule has 1 aromatic carbocycles. The lowest BCUT2D eigenvalue weighted by molar-refractivity contribution is -0.118. The Morgan fingerprint density at radius 1 is 1.32 bits per heavy atom. The predicted octanol–water partition coefficient (Wildman–Crippen LogP) is 2.88. The molecule has 132 valence electrons. The summed E-state index contributed by atoms with van der Waals surface area (Å²) < 4.78 is 0.658. The highest BCUT2D eigenvalue weighted by Gasteiger charge is 2.35. The van der Waals surface area contributed by atoms with Crippen LogP contribution in [0.5, 0.6) is 5.75 Å². The summed E-state index contributed by atoms with van der Waals surface area (Å²) in [5, 5.41) is 20.8. The zero-order valence-electron chi connectivity index (χ0n) is 13.6. The topological polar surface area (TPSA) is 95.4 Å². The van der Waals surface area contributed by atoms with Crippen molar-refractivity contribution < 1.29 is 14.7 Å². The number of nitrogens with one attached hydrogen (secondary N) is 1. The number of phenols is 1. The molecule has 0 unspecified atom stereocenters. The van der Waals surface area contributed by atoms with Gasteiger partial charge in [0.05, 0.1) is 5.75 Å². The average Bonchev–Trinajstić information content (AvgIpc) is 3.33. The predicted molar refractivity (Wildman–Crippen MR) is 98.2 cm³/mol. The first kappa shape index (κ1) is 17.7. The molecule has 0 saturated heterocycles. The van der Waals surface area contributed by atoms with Gasteiger partial charge >= 0.3 is 0 Å². The maximum absolute atomic E-state index is 12.1. The van der Waals surface area contributed by atoms with Crippen molar-refractivity contribution in [3.05, 3.63) is 24.3 Å². The number of carbonyl (C=O) groups is 2. The minimum atomic E-state index is -0.170. The first-order valence-corrected chi connectivity index (χ1v) is 9.74. The molecule has 25 heavy (non-hydrogen) atoms. The van der Waals surface area contributed by atoms with Gasteiger partial charge in [-0.25, -0.2) is 0 Å². The van der Waals surface area contributed by atoms with Crippen LogP contribution in [0.1, 0.15) is 26.2 Å². The van der Waals surface area contributed by atoms with E-state index < -0.39 is 0 Å². The third kappa shape index (κ3) is 4.70. The molecule has 2 amide bonds. The van der Waals surface area contributed by atoms with E-state index in [2.05, 4.69) is 15.5 Å². The van der Waals surface area contributed by atoms with E-state index in [-0.39, 0.29) is 29.4 Å². The van der Waals surface area contributed by atoms with E-state index in [4.69, 9.17) is 0 Å². The molecule has 0 bridgehead atoms. The molecule has 2 N–H and O–H groups in total. The molecule has 1 saturated carbocycles. The maximum Gasteiger partial charge on any atom is 0.234 e. The Morgan fingerprint density at radius 2 is 2.04 bits per heavy atom. The van der Waals surface area contributed by atoms with E-state index in [9.17, 15) is 14.7 Å². The summed E-state index contributed by atoms with van der Waals surface area (Å²) in [5.41, 5.74) is 0.620. The Labute approximate surface area is 153 Å². The van der Waals surface area contributed by atoms with Crippen molar-refractivity contribution in [3.63, 3.8) is 0 Å². The number of anilines is 2. The monoisotopic (exact) mass is 378 g/mol. The molecule has 0 radical (unpaired) electrons. The van der Waals surface area contributed by atoms with Gasteiger partial charge < -0.3 is 10.4 Å². The molecule has 7 nitrogen and oxygen atoms in total. The van der Waals surface area contributed by atoms with Crippen LogP contribution in [0.4, 0.5) is 10.8 Å². The van der Waals surface area contributed by atoms with Crippen LogP contribution in [0.3, 0.4) is 0 Å². The number of rotatable bonds is 7. The fourth-order valence-corrected chi connectivity index (χ4v) is 3.93. The van der Waals surface area contributed by atoms with Crippen molar-refractivity contribution in [1.29, 1.82) is 0 Å². The number of benzene rings is 1. The summed E-state index contributed by atoms with van der Waals surface area (Å²) in [6, 6.07) is 6.53. The molecular weight excluding hydrogens is 360 g/mol. The van der Waals surface area contributed by atoms with Crippen LogP contribution in [0.2, 0.25) is 0 Å². The highest BCUT2D eigenvalue weighted by atomic mass is 32.2. The molecule has 1 aliphatic carbocycles. The highest BCUT2D eigenvalue weighted by molar-refractivity contribution is 8.01. The zero-order chi connectivity index (χ0) is 17.8. The van der Waals surface area contributed by atoms with Gasteiger partial charge in [0.2, 0.25) is 16.9 Å². The third-order valence-corrected chi connectivity index (χ3v) is 5.62. The Morgan fingerprint density at radius 3 is 2.68 bits per heavy atom. The SMILES string of the molecule is CCC(=O)N(c1nnc(SCC(=O)Nc2ccc(O)cc2)s1)C1CC1. The molecule has 3 rings (SSSR count). The summed E-state index contributed by atoms with van der Waals surface area (Å²) in [7, 11) is 0. The molecule has 0 atom stereocenters. The van der Waals surface area contributed by atoms with Crippen LogP contribution in [-0.2, 0) is 9.59 Å². The highest BCUT2D eigenvalue weighted by Crippen LogP contribution is 2.36. The lowest BCUT2D eigenvalue weighted by atomic mass is 10.3. The molecule has 0 aliphatic heterocycles. The second-order valence-electron chi connectivity index (χ2n) is 5.58. The van der Waals surface area contributed by atoms with E-state index in [1.165, 1.54) is 35.2 Å². The molecule has 1 aromatic heterocycles. The van der Waals surface area contributed by atoms with Crippen molar-refractivity contribution in [3.8, 4) is 5.75 Å². The van der Waals surface area contributed by atoms with E-state index in [0.717, 1.165) is 12.8 Å². The van der Waals surface area contributed by atoms with Crippen LogP contribution in [0.15, 0.2) is 28.6 Å². The normalized spacial score (nSPS) is 13.5. The number of carbonyl (C=O) groups excluding carboxylic acids is 2. The molecule has 1 heterocycles. The third-order valence-electron chi connectivity index (χ3n) is 3.56. The van der Waals surface area contributed by atoms with Gasteiger partial charge in [-0.3, -0.25) is 14.5 Å². The number of nitrogens with zero attached hydrogens (tertiary/aromatic N) is 3. The Bertz CT molecular complexity index is 759. The van der Waals surface area contributed by atoms with Gasteiger partial charge in [0, 0.05) is 18.2 Å². The first-order valence-electron chi connectivity index (χ1n) is 7.94. The number of phenolic OH excluding ortho intramolecular Hbond substituents is 1. The van der Waals surface area contributed by atoms with Crippen LogP contribution in [-0.4, -0.2) is 38.9 Å². The van der Waals surface area contributed by atoms with Crippen LogP contribution < -0.4 is 10.2 Å². The average molecular weight is 378 g/mol. The minimum Gasteiger partial charge on any atom is -0.508 e. The Balaban J connectivity index is 1.55. The standard InChI is InChI=1S/C16H18N4O3S2/c1-2-14(23)20(11-5-6-11)15-18-19-16(25-15)24-9-13(22)17-10-3-7-12(21)8-4-10/h3-4,7-8,11,21H,2,5-6,9H2,1H3,(H,17,22). The van der Waals surface area contributed by atoms with Gasteiger partial charge in [-0.05, 0) is 37.1 Å². The van der Waals surface area contributed by atoms with Gasteiger partial charge in [-0.15, -0.1) is 10.2 Å². The molecular formula is C16H18N4O3S2. The fourth-order valence-electron chi connectivity index (χ4n) is 2.20. The van der Waals surface area contributed by atoms with Crippen molar-refractivity contribution in [2.75, 3.05) is 16.0 Å². The van der Waals surface area contributed by atoms with E-state index in [1.54, 1.807) is 17.0 Å². The number of aromatic nitrogens is 2. The molecule has 1 aliphatic rings. The Kier molecular flexibility index (Phi) is 5.54. The van der Waals surface area contributed by atoms with E-state index >= 15 is 0 Å². The van der Waals surface area contributed by atoms with Crippen molar-refractivity contribution in [2.45, 2.75) is 36.6 Å². The van der Waals surface area contributed by atoms with Crippen LogP contribution in [0.25, 0.3) is 0 Å². The second-order valence-corrected chi connectivity index (χ2v) is 7.76. The summed E-state index contributed by atoms with van der Waals surface area (Å²) in [6.45, 7) is 1.84. The van der Waals surface area contributed by atoms with Crippen LogP contribution in [0, 0.1) is 0 Å². The second kappa shape index (κ2) is 7.83. The van der Waals surface area contributed by atoms with Crippen molar-refractivity contribution in [1.82, 2.24) is 10.2 Å². The molecule has 1 fully saturated rings. The Hall–Kier alpha value is -2.13. The summed E-state index contributed by atoms with van der Waals surface area (Å²) in [5.74, 6) is 0.229. The molecule has 9 heteroatoms. The van der Waals surface area contributed by atoms with E-state index in [1.807, 2.05) is 6.92 Å². The minimum absolute atomic E-state index is 0.0558. The van der Waals surface area contributed by atoms with Gasteiger partial charge in [0.15, 0.2) is 4.34 Å². The summed E-state index contributed by atoms with van der Waals surface area (Å²) >= 11 is 2.62. The number of hydrogen-bond donors (Lipinski definition) is 2. The smallest absolute Gasteiger partial charge is 0.234 e. The number of hydrogen-bond acceptors (Lipinski definition) is 7. The lowest BCUT2D eigenvalue weighted by Crippen LogP contribution is -2.32. The van der Waals surface area contributed by atoms with Gasteiger partial charge in [0.1, 0.15) is 5.75 Å². The lowest BCUT2D eigenvalue weighted by Gasteiger charge is -2.17. The quantitative estimate of drug-likeness (QED) is 0.437. The van der Waals surface area contributed by atoms with Crippen LogP contribution >= 0.6 is 23.1 Å².